The Labute approximate surface area is 549 Å². The minimum Gasteiger partial charge on any atom is -0.494 e. The van der Waals surface area contributed by atoms with Crippen LogP contribution in [0.25, 0.3) is 0 Å². The molecule has 31 heteroatoms. The molecule has 0 amide bonds. The molecule has 2 atom stereocenters. The predicted molar refractivity (Wildman–Crippen MR) is 315 cm³/mol. The number of alkyl halides is 17. The molecule has 0 N–H and O–H groups in total. The smallest absolute Gasteiger partial charge is 0.462 e. The summed E-state index contributed by atoms with van der Waals surface area (Å²) in [7, 11) is 0. The zero-order chi connectivity index (χ0) is 72.1. The summed E-state index contributed by atoms with van der Waals surface area (Å²) in [6.45, 7) is 4.37. The molecule has 0 fully saturated rings. The van der Waals surface area contributed by atoms with E-state index in [0.717, 1.165) is 96.3 Å². The van der Waals surface area contributed by atoms with Crippen LogP contribution < -0.4 is 33.2 Å². The van der Waals surface area contributed by atoms with Gasteiger partial charge in [-0.1, -0.05) is 117 Å². The van der Waals surface area contributed by atoms with Crippen LogP contribution in [0.2, 0.25) is 0 Å². The van der Waals surface area contributed by atoms with Crippen LogP contribution in [-0.4, -0.2) is 105 Å². The molecular weight excluding hydrogens is 1340 g/mol. The first-order valence-electron chi connectivity index (χ1n) is 31.5. The normalized spacial score (nSPS) is 13.6. The van der Waals surface area contributed by atoms with Gasteiger partial charge in [0.05, 0.1) is 43.1 Å². The van der Waals surface area contributed by atoms with Gasteiger partial charge < -0.3 is 37.9 Å². The van der Waals surface area contributed by atoms with Gasteiger partial charge in [-0.3, -0.25) is 14.3 Å². The third-order valence-electron chi connectivity index (χ3n) is 14.3. The van der Waals surface area contributed by atoms with Gasteiger partial charge in [-0.15, -0.1) is 0 Å². The molecule has 4 aromatic rings. The van der Waals surface area contributed by atoms with Crippen molar-refractivity contribution in [2.75, 3.05) is 33.0 Å². The van der Waals surface area contributed by atoms with Crippen molar-refractivity contribution in [3.63, 3.8) is 0 Å². The lowest BCUT2D eigenvalue weighted by Gasteiger charge is -2.40. The molecule has 97 heavy (non-hydrogen) atoms. The van der Waals surface area contributed by atoms with E-state index < -0.39 is 85.3 Å². The van der Waals surface area contributed by atoms with Gasteiger partial charge in [0.2, 0.25) is 5.75 Å². The Morgan fingerprint density at radius 3 is 1.09 bits per heavy atom. The van der Waals surface area contributed by atoms with E-state index in [4.69, 9.17) is 33.2 Å². The van der Waals surface area contributed by atoms with Gasteiger partial charge in [0.15, 0.2) is 18.1 Å². The molecule has 0 bridgehead atoms. The molecule has 0 aromatic heterocycles. The summed E-state index contributed by atoms with van der Waals surface area (Å²) in [5, 5.41) is 0. The molecule has 4 rings (SSSR count). The Hall–Kier alpha value is -7.31. The number of carbonyl (C=O) groups is 4. The summed E-state index contributed by atoms with van der Waals surface area (Å²) in [5.41, 5.74) is 0.290. The molecule has 0 heterocycles. The number of rotatable bonds is 45. The van der Waals surface area contributed by atoms with Crippen LogP contribution in [0.5, 0.6) is 40.2 Å². The Kier molecular flexibility index (Phi) is 32.3. The molecule has 0 spiro atoms. The molecule has 0 aliphatic rings. The molecule has 0 radical (unpaired) electrons. The average Bonchev–Trinajstić information content (AvgIpc) is 0.728. The van der Waals surface area contributed by atoms with Crippen LogP contribution in [0.3, 0.4) is 0 Å². The largest absolute Gasteiger partial charge is 0.494 e. The van der Waals surface area contributed by atoms with Crippen LogP contribution >= 0.6 is 0 Å². The molecule has 14 nitrogen and oxygen atoms in total. The van der Waals surface area contributed by atoms with Gasteiger partial charge in [-0.2, -0.15) is 74.6 Å². The SMILES string of the molecule is CCCCCCCCOc1cc(C(=O)Oc2ccc(C(=O)Oc3ccc(OC(=O)c4ccc(OCCCCCC(=O)OCC(F)(OC(F)(F)C(F)(OC(F)(F)C(F)(F)C(F)(F)F)C(F)(F)F)C(F)(F)F)cc4)cc3)cc2)cc(OCCCCCCCC)c1OCCCCCCCC. The van der Waals surface area contributed by atoms with Crippen LogP contribution in [0.15, 0.2) is 84.9 Å². The zero-order valence-corrected chi connectivity index (χ0v) is 53.3. The van der Waals surface area contributed by atoms with Crippen molar-refractivity contribution in [1.29, 1.82) is 0 Å². The van der Waals surface area contributed by atoms with Gasteiger partial charge in [0.1, 0.15) is 23.0 Å². The van der Waals surface area contributed by atoms with Crippen molar-refractivity contribution in [3.8, 4) is 40.2 Å². The minimum absolute atomic E-state index is 0.0222. The van der Waals surface area contributed by atoms with E-state index in [1.807, 2.05) is 0 Å². The first kappa shape index (κ1) is 82.1. The summed E-state index contributed by atoms with van der Waals surface area (Å²) in [4.78, 5) is 51.9. The number of hydrogen-bond donors (Lipinski definition) is 0. The molecule has 2 unspecified atom stereocenters. The van der Waals surface area contributed by atoms with E-state index >= 15 is 0 Å². The Morgan fingerprint density at radius 1 is 0.351 bits per heavy atom. The molecule has 544 valence electrons. The lowest BCUT2D eigenvalue weighted by Crippen LogP contribution is -2.67. The second-order valence-electron chi connectivity index (χ2n) is 22.3. The highest BCUT2D eigenvalue weighted by Crippen LogP contribution is 2.57. The number of carbonyl (C=O) groups excluding carboxylic acids is 4. The van der Waals surface area contributed by atoms with Crippen LogP contribution in [0.1, 0.15) is 193 Å². The highest BCUT2D eigenvalue weighted by atomic mass is 19.4. The van der Waals surface area contributed by atoms with E-state index in [1.54, 1.807) is 12.1 Å². The summed E-state index contributed by atoms with van der Waals surface area (Å²) >= 11 is 0. The van der Waals surface area contributed by atoms with E-state index in [1.165, 1.54) is 96.8 Å². The van der Waals surface area contributed by atoms with Gasteiger partial charge in [-0.25, -0.2) is 14.4 Å². The summed E-state index contributed by atoms with van der Waals surface area (Å²) in [6, 6.07) is 19.5. The number of unbranched alkanes of at least 4 members (excludes halogenated alkanes) is 17. The van der Waals surface area contributed by atoms with Gasteiger partial charge in [0, 0.05) is 6.42 Å². The number of esters is 4. The molecule has 0 saturated carbocycles. The molecular formula is C66H77F17O14. The van der Waals surface area contributed by atoms with Crippen LogP contribution in [-0.2, 0) is 19.0 Å². The Morgan fingerprint density at radius 2 is 0.701 bits per heavy atom. The lowest BCUT2D eigenvalue weighted by molar-refractivity contribution is -0.552. The molecule has 4 aromatic carbocycles. The second kappa shape index (κ2) is 38.2. The number of ether oxygens (including phenoxy) is 10. The van der Waals surface area contributed by atoms with Crippen molar-refractivity contribution >= 4 is 23.9 Å². The number of halogens is 17. The van der Waals surface area contributed by atoms with E-state index in [9.17, 15) is 93.8 Å². The highest BCUT2D eigenvalue weighted by molar-refractivity contribution is 5.94. The summed E-state index contributed by atoms with van der Waals surface area (Å²) in [6.07, 6.45) is -20.9. The Bertz CT molecular complexity index is 3000. The summed E-state index contributed by atoms with van der Waals surface area (Å²) in [5.74, 6) is -25.1. The third kappa shape index (κ3) is 25.5. The van der Waals surface area contributed by atoms with Crippen molar-refractivity contribution in [2.45, 2.75) is 210 Å². The van der Waals surface area contributed by atoms with Gasteiger partial charge in [-0.05, 0) is 123 Å². The van der Waals surface area contributed by atoms with Crippen molar-refractivity contribution in [2.24, 2.45) is 0 Å². The van der Waals surface area contributed by atoms with E-state index in [2.05, 4.69) is 30.2 Å². The zero-order valence-electron chi connectivity index (χ0n) is 53.3. The molecule has 0 aliphatic carbocycles. The third-order valence-corrected chi connectivity index (χ3v) is 14.3. The van der Waals surface area contributed by atoms with Gasteiger partial charge in [0.25, 0.3) is 0 Å². The molecule has 0 aliphatic heterocycles. The van der Waals surface area contributed by atoms with Gasteiger partial charge >= 0.3 is 72.3 Å². The topological polar surface area (TPSA) is 161 Å². The maximum atomic E-state index is 14.7. The number of benzene rings is 4. The van der Waals surface area contributed by atoms with E-state index in [-0.39, 0.29) is 65.6 Å². The predicted octanol–water partition coefficient (Wildman–Crippen LogP) is 19.9. The maximum absolute atomic E-state index is 14.7. The fraction of sp³-hybridized carbons (Fsp3) is 0.576. The minimum atomic E-state index is -8.06. The first-order valence-corrected chi connectivity index (χ1v) is 31.5. The quantitative estimate of drug-likeness (QED) is 0.0178. The Balaban J connectivity index is 1.27. The van der Waals surface area contributed by atoms with Crippen LogP contribution in [0, 0.1) is 0 Å². The standard InChI is InChI=1S/C66H77F17O14/c1-4-7-10-13-16-21-39-89-52-42-47(43-53(90-40-22-17-14-11-8-5-2)55(52)91-41-23-18-15-12-9-6-3)58(87)95-49-32-28-46(29-33-49)57(86)94-51-36-34-50(35-37-51)93-56(85)45-26-30-48(31-27-45)88-38-24-19-20-25-54(84)92-44-59(67,62(71,72)73)96-66(82,83)61(70,64(77,78)79)97-65(80,81)60(68,69)63(74,75)76/h26-37,42-43H,4-25,38-41,44H2,1-3H3. The molecule has 0 saturated heterocycles. The maximum Gasteiger partial charge on any atom is 0.462 e. The fourth-order valence-corrected chi connectivity index (χ4v) is 8.77. The summed E-state index contributed by atoms with van der Waals surface area (Å²) < 4.78 is 277. The van der Waals surface area contributed by atoms with Crippen molar-refractivity contribution < 1.29 is 141 Å². The second-order valence-corrected chi connectivity index (χ2v) is 22.3. The average molecular weight is 1420 g/mol. The van der Waals surface area contributed by atoms with Crippen molar-refractivity contribution in [3.05, 3.63) is 102 Å². The first-order chi connectivity index (χ1) is 45.5. The van der Waals surface area contributed by atoms with E-state index in [0.29, 0.717) is 37.1 Å². The van der Waals surface area contributed by atoms with Crippen LogP contribution in [0.4, 0.5) is 74.6 Å². The highest BCUT2D eigenvalue weighted by Gasteiger charge is 2.85. The fourth-order valence-electron chi connectivity index (χ4n) is 8.77. The monoisotopic (exact) mass is 1420 g/mol. The van der Waals surface area contributed by atoms with Crippen molar-refractivity contribution in [1.82, 2.24) is 0 Å². The lowest BCUT2D eigenvalue weighted by atomic mass is 10.1. The number of hydrogen-bond acceptors (Lipinski definition) is 14.